The Morgan fingerprint density at radius 3 is 2.56 bits per heavy atom. The Balaban J connectivity index is 2.20. The van der Waals surface area contributed by atoms with Crippen molar-refractivity contribution in [3.05, 3.63) is 22.7 Å². The molecule has 1 N–H and O–H groups in total. The Morgan fingerprint density at radius 1 is 1.22 bits per heavy atom. The summed E-state index contributed by atoms with van der Waals surface area (Å²) in [6.07, 6.45) is 3.41. The van der Waals surface area contributed by atoms with E-state index in [1.807, 2.05) is 6.07 Å². The first-order valence-electron chi connectivity index (χ1n) is 6.35. The molecule has 0 radical (unpaired) electrons. The van der Waals surface area contributed by atoms with E-state index in [0.717, 1.165) is 36.6 Å². The van der Waals surface area contributed by atoms with Gasteiger partial charge in [0.15, 0.2) is 0 Å². The standard InChI is InChI=1S/C14H20ClNO2/c1-17-12-8-11(14(18-2)13(15)9-12)7-10-3-5-16-6-4-10/h8-10,16H,3-7H2,1-2H3. The Labute approximate surface area is 113 Å². The van der Waals surface area contributed by atoms with Gasteiger partial charge in [0.05, 0.1) is 19.2 Å². The molecule has 1 aliphatic rings. The van der Waals surface area contributed by atoms with Crippen LogP contribution in [0, 0.1) is 5.92 Å². The summed E-state index contributed by atoms with van der Waals surface area (Å²) in [5, 5.41) is 4.01. The minimum atomic E-state index is 0.626. The molecule has 1 fully saturated rings. The van der Waals surface area contributed by atoms with E-state index >= 15 is 0 Å². The van der Waals surface area contributed by atoms with Crippen LogP contribution in [0.5, 0.6) is 11.5 Å². The van der Waals surface area contributed by atoms with Crippen molar-refractivity contribution in [3.8, 4) is 11.5 Å². The molecule has 0 spiro atoms. The molecule has 0 aromatic heterocycles. The van der Waals surface area contributed by atoms with Crippen LogP contribution in [0.1, 0.15) is 18.4 Å². The quantitative estimate of drug-likeness (QED) is 0.912. The summed E-state index contributed by atoms with van der Waals surface area (Å²) in [6, 6.07) is 3.83. The van der Waals surface area contributed by atoms with Crippen LogP contribution in [0.25, 0.3) is 0 Å². The maximum absolute atomic E-state index is 6.21. The lowest BCUT2D eigenvalue weighted by Crippen LogP contribution is -2.28. The van der Waals surface area contributed by atoms with E-state index in [4.69, 9.17) is 21.1 Å². The topological polar surface area (TPSA) is 30.5 Å². The molecule has 1 saturated heterocycles. The molecule has 0 atom stereocenters. The van der Waals surface area contributed by atoms with Gasteiger partial charge in [-0.05, 0) is 49.9 Å². The van der Waals surface area contributed by atoms with Gasteiger partial charge in [-0.2, -0.15) is 0 Å². The Morgan fingerprint density at radius 2 is 1.94 bits per heavy atom. The van der Waals surface area contributed by atoms with E-state index in [0.29, 0.717) is 10.9 Å². The summed E-state index contributed by atoms with van der Waals surface area (Å²) in [7, 11) is 3.33. The predicted octanol–water partition coefficient (Wildman–Crippen LogP) is 2.90. The van der Waals surface area contributed by atoms with Crippen LogP contribution in [0.3, 0.4) is 0 Å². The van der Waals surface area contributed by atoms with Gasteiger partial charge in [-0.1, -0.05) is 11.6 Å². The monoisotopic (exact) mass is 269 g/mol. The smallest absolute Gasteiger partial charge is 0.140 e. The van der Waals surface area contributed by atoms with Crippen molar-refractivity contribution in [2.24, 2.45) is 5.92 Å². The number of ether oxygens (including phenoxy) is 2. The second-order valence-corrected chi connectivity index (χ2v) is 5.11. The number of halogens is 1. The van der Waals surface area contributed by atoms with E-state index in [9.17, 15) is 0 Å². The maximum Gasteiger partial charge on any atom is 0.140 e. The highest BCUT2D eigenvalue weighted by Crippen LogP contribution is 2.35. The summed E-state index contributed by atoms with van der Waals surface area (Å²) in [6.45, 7) is 2.20. The minimum Gasteiger partial charge on any atom is -0.497 e. The van der Waals surface area contributed by atoms with Gasteiger partial charge in [-0.15, -0.1) is 0 Å². The lowest BCUT2D eigenvalue weighted by atomic mass is 9.90. The molecule has 4 heteroatoms. The highest BCUT2D eigenvalue weighted by molar-refractivity contribution is 6.32. The SMILES string of the molecule is COc1cc(Cl)c(OC)c(CC2CCNCC2)c1. The van der Waals surface area contributed by atoms with Crippen LogP contribution in [0.15, 0.2) is 12.1 Å². The van der Waals surface area contributed by atoms with Crippen LogP contribution in [0.4, 0.5) is 0 Å². The van der Waals surface area contributed by atoms with E-state index in [2.05, 4.69) is 5.32 Å². The maximum atomic E-state index is 6.21. The van der Waals surface area contributed by atoms with Crippen molar-refractivity contribution in [1.29, 1.82) is 0 Å². The molecule has 1 aromatic carbocycles. The van der Waals surface area contributed by atoms with Crippen molar-refractivity contribution in [2.45, 2.75) is 19.3 Å². The highest BCUT2D eigenvalue weighted by atomic mass is 35.5. The first-order chi connectivity index (χ1) is 8.74. The third kappa shape index (κ3) is 3.09. The van der Waals surface area contributed by atoms with Gasteiger partial charge in [0.1, 0.15) is 11.5 Å². The fraction of sp³-hybridized carbons (Fsp3) is 0.571. The van der Waals surface area contributed by atoms with E-state index in [-0.39, 0.29) is 0 Å². The van der Waals surface area contributed by atoms with E-state index in [1.54, 1.807) is 20.3 Å². The molecular weight excluding hydrogens is 250 g/mol. The summed E-state index contributed by atoms with van der Waals surface area (Å²) in [4.78, 5) is 0. The number of piperidine rings is 1. The summed E-state index contributed by atoms with van der Waals surface area (Å²) in [5.74, 6) is 2.28. The molecule has 3 nitrogen and oxygen atoms in total. The normalized spacial score (nSPS) is 16.6. The summed E-state index contributed by atoms with van der Waals surface area (Å²) < 4.78 is 10.7. The Hall–Kier alpha value is -0.930. The van der Waals surface area contributed by atoms with Crippen molar-refractivity contribution in [1.82, 2.24) is 5.32 Å². The van der Waals surface area contributed by atoms with E-state index in [1.165, 1.54) is 12.8 Å². The molecule has 0 bridgehead atoms. The Bertz CT molecular complexity index is 403. The van der Waals surface area contributed by atoms with Crippen LogP contribution < -0.4 is 14.8 Å². The van der Waals surface area contributed by atoms with E-state index < -0.39 is 0 Å². The first-order valence-corrected chi connectivity index (χ1v) is 6.73. The fourth-order valence-electron chi connectivity index (χ4n) is 2.52. The van der Waals surface area contributed by atoms with Gasteiger partial charge in [-0.3, -0.25) is 0 Å². The minimum absolute atomic E-state index is 0.626. The number of nitrogens with one attached hydrogen (secondary N) is 1. The molecule has 2 rings (SSSR count). The third-order valence-corrected chi connectivity index (χ3v) is 3.78. The molecule has 0 amide bonds. The largest absolute Gasteiger partial charge is 0.497 e. The molecule has 0 saturated carbocycles. The zero-order valence-corrected chi connectivity index (χ0v) is 11.7. The Kier molecular flexibility index (Phi) is 4.72. The summed E-state index contributed by atoms with van der Waals surface area (Å²) in [5.41, 5.74) is 1.15. The van der Waals surface area contributed by atoms with Crippen LogP contribution in [-0.4, -0.2) is 27.3 Å². The van der Waals surface area contributed by atoms with Crippen molar-refractivity contribution >= 4 is 11.6 Å². The molecule has 0 aliphatic carbocycles. The van der Waals surface area contributed by atoms with Gasteiger partial charge in [0.2, 0.25) is 0 Å². The zero-order chi connectivity index (χ0) is 13.0. The highest BCUT2D eigenvalue weighted by Gasteiger charge is 2.18. The molecule has 0 unspecified atom stereocenters. The van der Waals surface area contributed by atoms with Gasteiger partial charge in [-0.25, -0.2) is 0 Å². The molecular formula is C14H20ClNO2. The average Bonchev–Trinajstić information content (AvgIpc) is 2.39. The molecule has 1 heterocycles. The van der Waals surface area contributed by atoms with Crippen molar-refractivity contribution < 1.29 is 9.47 Å². The molecule has 1 aliphatic heterocycles. The predicted molar refractivity (Wildman–Crippen MR) is 73.9 cm³/mol. The third-order valence-electron chi connectivity index (χ3n) is 3.50. The van der Waals surface area contributed by atoms with Crippen molar-refractivity contribution in [3.63, 3.8) is 0 Å². The molecule has 18 heavy (non-hydrogen) atoms. The lowest BCUT2D eigenvalue weighted by Gasteiger charge is -2.23. The number of benzene rings is 1. The van der Waals surface area contributed by atoms with Gasteiger partial charge in [0.25, 0.3) is 0 Å². The molecule has 100 valence electrons. The second-order valence-electron chi connectivity index (χ2n) is 4.70. The average molecular weight is 270 g/mol. The first kappa shape index (κ1) is 13.5. The van der Waals surface area contributed by atoms with Gasteiger partial charge in [0, 0.05) is 6.07 Å². The van der Waals surface area contributed by atoms with Gasteiger partial charge < -0.3 is 14.8 Å². The van der Waals surface area contributed by atoms with Crippen LogP contribution in [-0.2, 0) is 6.42 Å². The van der Waals surface area contributed by atoms with Crippen LogP contribution in [0.2, 0.25) is 5.02 Å². The fourth-order valence-corrected chi connectivity index (χ4v) is 2.82. The van der Waals surface area contributed by atoms with Crippen molar-refractivity contribution in [2.75, 3.05) is 27.3 Å². The zero-order valence-electron chi connectivity index (χ0n) is 11.0. The second kappa shape index (κ2) is 6.30. The number of hydrogen-bond donors (Lipinski definition) is 1. The lowest BCUT2D eigenvalue weighted by molar-refractivity contribution is 0.359. The number of hydrogen-bond acceptors (Lipinski definition) is 3. The number of methoxy groups -OCH3 is 2. The van der Waals surface area contributed by atoms with Gasteiger partial charge >= 0.3 is 0 Å². The summed E-state index contributed by atoms with van der Waals surface area (Å²) >= 11 is 6.21. The number of rotatable bonds is 4. The molecule has 1 aromatic rings. The van der Waals surface area contributed by atoms with Crippen LogP contribution >= 0.6 is 11.6 Å².